The van der Waals surface area contributed by atoms with Gasteiger partial charge in [-0.05, 0) is 65.9 Å². The van der Waals surface area contributed by atoms with Crippen LogP contribution < -0.4 is 9.50 Å². The number of benzene rings is 3. The number of hydrogen-bond donors (Lipinski definition) is 1. The molecule has 1 aliphatic rings. The molecule has 12 heteroatoms. The van der Waals surface area contributed by atoms with E-state index in [0.717, 1.165) is 10.3 Å². The van der Waals surface area contributed by atoms with Crippen LogP contribution >= 0.6 is 11.8 Å². The molecule has 0 bridgehead atoms. The van der Waals surface area contributed by atoms with E-state index in [-0.39, 0.29) is 33.6 Å². The van der Waals surface area contributed by atoms with E-state index in [2.05, 4.69) is 5.32 Å². The Labute approximate surface area is 222 Å². The van der Waals surface area contributed by atoms with Gasteiger partial charge in [-0.1, -0.05) is 30.3 Å². The van der Waals surface area contributed by atoms with E-state index in [4.69, 9.17) is 8.92 Å². The van der Waals surface area contributed by atoms with Gasteiger partial charge in [0, 0.05) is 18.2 Å². The Morgan fingerprint density at radius 3 is 2.42 bits per heavy atom. The van der Waals surface area contributed by atoms with Crippen molar-refractivity contribution in [3.8, 4) is 5.75 Å². The van der Waals surface area contributed by atoms with Crippen LogP contribution in [0.1, 0.15) is 19.4 Å². The number of ether oxygens (including phenoxy) is 1. The van der Waals surface area contributed by atoms with Gasteiger partial charge in [0.1, 0.15) is 11.4 Å². The molecule has 0 aliphatic carbocycles. The molecule has 0 aromatic heterocycles. The predicted octanol–water partition coefficient (Wildman–Crippen LogP) is 4.17. The molecule has 38 heavy (non-hydrogen) atoms. The Kier molecular flexibility index (Phi) is 7.83. The zero-order valence-corrected chi connectivity index (χ0v) is 21.9. The standard InChI is InChI=1S/C26H22N2O8S2/c1-3-35-24(30)15-28-25(31)23(37-26(28)32)14-21-20-7-5-4-6-17(20)8-13-22(21)36-38(33,34)19-11-9-18(10-12-19)27-16(2)29/h4-14H,3,15H2,1-2H3,(H,27,29)/b23-14-. The number of fused-ring (bicyclic) bond motifs is 1. The van der Waals surface area contributed by atoms with Crippen molar-refractivity contribution < 1.29 is 36.5 Å². The average molecular weight is 555 g/mol. The fourth-order valence-electron chi connectivity index (χ4n) is 3.67. The second-order valence-corrected chi connectivity index (χ2v) is 10.6. The molecule has 0 radical (unpaired) electrons. The number of anilines is 1. The fourth-order valence-corrected chi connectivity index (χ4v) is 5.44. The Morgan fingerprint density at radius 1 is 1.03 bits per heavy atom. The summed E-state index contributed by atoms with van der Waals surface area (Å²) in [6.45, 7) is 2.52. The van der Waals surface area contributed by atoms with Crippen LogP contribution in [0.15, 0.2) is 70.5 Å². The number of amides is 3. The minimum atomic E-state index is -4.31. The third kappa shape index (κ3) is 5.87. The van der Waals surface area contributed by atoms with E-state index >= 15 is 0 Å². The first-order valence-corrected chi connectivity index (χ1v) is 13.6. The molecule has 0 atom stereocenters. The summed E-state index contributed by atoms with van der Waals surface area (Å²) in [5, 5.41) is 3.23. The van der Waals surface area contributed by atoms with Crippen molar-refractivity contribution >= 4 is 67.4 Å². The molecule has 1 saturated heterocycles. The quantitative estimate of drug-likeness (QED) is 0.247. The maximum Gasteiger partial charge on any atom is 0.339 e. The van der Waals surface area contributed by atoms with E-state index < -0.39 is 33.8 Å². The molecule has 0 spiro atoms. The van der Waals surface area contributed by atoms with Crippen molar-refractivity contribution in [1.29, 1.82) is 0 Å². The first-order valence-electron chi connectivity index (χ1n) is 11.3. The van der Waals surface area contributed by atoms with E-state index in [0.29, 0.717) is 22.8 Å². The normalized spacial score (nSPS) is 14.7. The Balaban J connectivity index is 1.71. The van der Waals surface area contributed by atoms with E-state index in [9.17, 15) is 27.6 Å². The average Bonchev–Trinajstić information content (AvgIpc) is 3.12. The predicted molar refractivity (Wildman–Crippen MR) is 142 cm³/mol. The smallest absolute Gasteiger partial charge is 0.339 e. The monoisotopic (exact) mass is 554 g/mol. The van der Waals surface area contributed by atoms with Gasteiger partial charge in [0.15, 0.2) is 5.75 Å². The number of carbonyl (C=O) groups excluding carboxylic acids is 4. The number of esters is 1. The van der Waals surface area contributed by atoms with Crippen LogP contribution in [0.3, 0.4) is 0 Å². The van der Waals surface area contributed by atoms with E-state index in [1.54, 1.807) is 37.3 Å². The van der Waals surface area contributed by atoms with Crippen LogP contribution in [0.2, 0.25) is 0 Å². The van der Waals surface area contributed by atoms with Gasteiger partial charge >= 0.3 is 16.1 Å². The van der Waals surface area contributed by atoms with Crippen molar-refractivity contribution in [3.63, 3.8) is 0 Å². The maximum atomic E-state index is 13.1. The van der Waals surface area contributed by atoms with Crippen LogP contribution in [0, 0.1) is 0 Å². The summed E-state index contributed by atoms with van der Waals surface area (Å²) in [6.07, 6.45) is 1.38. The molecule has 1 heterocycles. The Morgan fingerprint density at radius 2 is 1.74 bits per heavy atom. The molecular formula is C26H22N2O8S2. The van der Waals surface area contributed by atoms with Gasteiger partial charge in [0.25, 0.3) is 11.1 Å². The molecule has 196 valence electrons. The SMILES string of the molecule is CCOC(=O)CN1C(=O)S/C(=C\c2c(OS(=O)(=O)c3ccc(NC(C)=O)cc3)ccc3ccccc23)C1=O. The van der Waals surface area contributed by atoms with Crippen molar-refractivity contribution in [2.24, 2.45) is 0 Å². The third-order valence-corrected chi connectivity index (χ3v) is 7.49. The van der Waals surface area contributed by atoms with Crippen LogP contribution in [0.5, 0.6) is 5.75 Å². The summed E-state index contributed by atoms with van der Waals surface area (Å²) >= 11 is 0.626. The number of nitrogens with zero attached hydrogens (tertiary/aromatic N) is 1. The van der Waals surface area contributed by atoms with E-state index in [1.165, 1.54) is 43.3 Å². The fraction of sp³-hybridized carbons (Fsp3) is 0.154. The molecule has 1 N–H and O–H groups in total. The van der Waals surface area contributed by atoms with Crippen molar-refractivity contribution in [1.82, 2.24) is 4.90 Å². The van der Waals surface area contributed by atoms with Crippen LogP contribution in [-0.2, 0) is 29.2 Å². The highest BCUT2D eigenvalue weighted by Gasteiger charge is 2.37. The second kappa shape index (κ2) is 11.1. The van der Waals surface area contributed by atoms with Gasteiger partial charge < -0.3 is 14.2 Å². The highest BCUT2D eigenvalue weighted by Crippen LogP contribution is 2.37. The molecule has 1 aliphatic heterocycles. The van der Waals surface area contributed by atoms with Crippen molar-refractivity contribution in [3.05, 3.63) is 71.1 Å². The molecule has 3 aromatic carbocycles. The third-order valence-electron chi connectivity index (χ3n) is 5.34. The maximum absolute atomic E-state index is 13.1. The lowest BCUT2D eigenvalue weighted by atomic mass is 10.0. The molecule has 0 saturated carbocycles. The molecule has 10 nitrogen and oxygen atoms in total. The molecule has 0 unspecified atom stereocenters. The van der Waals surface area contributed by atoms with Gasteiger partial charge in [-0.2, -0.15) is 8.42 Å². The molecule has 3 amide bonds. The molecule has 4 rings (SSSR count). The topological polar surface area (TPSA) is 136 Å². The van der Waals surface area contributed by atoms with Gasteiger partial charge in [-0.15, -0.1) is 0 Å². The number of nitrogens with one attached hydrogen (secondary N) is 1. The largest absolute Gasteiger partial charge is 0.465 e. The minimum absolute atomic E-state index is 0.00226. The van der Waals surface area contributed by atoms with Crippen LogP contribution in [0.25, 0.3) is 16.8 Å². The first-order chi connectivity index (χ1) is 18.1. The minimum Gasteiger partial charge on any atom is -0.465 e. The number of carbonyl (C=O) groups is 4. The number of imide groups is 1. The van der Waals surface area contributed by atoms with E-state index in [1.807, 2.05) is 0 Å². The van der Waals surface area contributed by atoms with Crippen molar-refractivity contribution in [2.45, 2.75) is 18.7 Å². The van der Waals surface area contributed by atoms with Gasteiger partial charge in [-0.25, -0.2) is 0 Å². The van der Waals surface area contributed by atoms with Gasteiger partial charge in [0.05, 0.1) is 11.5 Å². The summed E-state index contributed by atoms with van der Waals surface area (Å²) in [7, 11) is -4.31. The lowest BCUT2D eigenvalue weighted by molar-refractivity contribution is -0.146. The molecule has 1 fully saturated rings. The lowest BCUT2D eigenvalue weighted by Crippen LogP contribution is -2.34. The zero-order valence-electron chi connectivity index (χ0n) is 20.3. The Bertz CT molecular complexity index is 1580. The van der Waals surface area contributed by atoms with Crippen molar-refractivity contribution in [2.75, 3.05) is 18.5 Å². The number of rotatable bonds is 8. The summed E-state index contributed by atoms with van der Waals surface area (Å²) in [5.74, 6) is -1.79. The molecule has 3 aromatic rings. The zero-order chi connectivity index (χ0) is 27.4. The summed E-state index contributed by atoms with van der Waals surface area (Å²) in [5.41, 5.74) is 0.685. The van der Waals surface area contributed by atoms with Gasteiger partial charge in [-0.3, -0.25) is 24.1 Å². The second-order valence-electron chi connectivity index (χ2n) is 8.01. The Hall–Kier alpha value is -4.16. The van der Waals surface area contributed by atoms with Crippen LogP contribution in [-0.4, -0.2) is 49.5 Å². The highest BCUT2D eigenvalue weighted by atomic mass is 32.2. The lowest BCUT2D eigenvalue weighted by Gasteiger charge is -2.13. The number of hydrogen-bond acceptors (Lipinski definition) is 9. The van der Waals surface area contributed by atoms with Gasteiger partial charge in [0.2, 0.25) is 5.91 Å². The summed E-state index contributed by atoms with van der Waals surface area (Å²) < 4.78 is 36.5. The van der Waals surface area contributed by atoms with Crippen LogP contribution in [0.4, 0.5) is 10.5 Å². The highest BCUT2D eigenvalue weighted by molar-refractivity contribution is 8.18. The summed E-state index contributed by atoms with van der Waals surface area (Å²) in [4.78, 5) is 49.1. The first kappa shape index (κ1) is 26.9. The number of thioether (sulfide) groups is 1. The summed E-state index contributed by atoms with van der Waals surface area (Å²) in [6, 6.07) is 15.6. The molecular weight excluding hydrogens is 532 g/mol.